The fourth-order valence-corrected chi connectivity index (χ4v) is 10.2. The molecule has 2 heterocycles. The van der Waals surface area contributed by atoms with Gasteiger partial charge in [0, 0.05) is 0 Å². The standard InChI is InChI=1S/C26H22N4O4Se2/c1-33-23-13-11-17(15-27-23)29-25(31)19-7-3-5-9-21(19)35-36-22-10-6-4-8-20(22)26(32)30-18-12-14-24(34-2)28-16-18/h3-16H,1-2H3,(H,29,31)(H,30,32). The number of hydrogen-bond donors (Lipinski definition) is 2. The van der Waals surface area contributed by atoms with E-state index in [1.165, 1.54) is 0 Å². The van der Waals surface area contributed by atoms with Crippen molar-refractivity contribution in [3.05, 3.63) is 96.3 Å². The van der Waals surface area contributed by atoms with Crippen molar-refractivity contribution < 1.29 is 19.1 Å². The van der Waals surface area contributed by atoms with E-state index in [0.29, 0.717) is 34.3 Å². The quantitative estimate of drug-likeness (QED) is 0.282. The zero-order valence-electron chi connectivity index (χ0n) is 19.4. The minimum absolute atomic E-state index is 0.0306. The summed E-state index contributed by atoms with van der Waals surface area (Å²) < 4.78 is 12.1. The molecule has 0 bridgehead atoms. The van der Waals surface area contributed by atoms with Gasteiger partial charge in [0.05, 0.1) is 0 Å². The first-order chi connectivity index (χ1) is 17.6. The molecule has 0 spiro atoms. The van der Waals surface area contributed by atoms with Crippen LogP contribution < -0.4 is 29.0 Å². The fourth-order valence-electron chi connectivity index (χ4n) is 3.09. The molecule has 182 valence electrons. The number of carbonyl (C=O) groups is 2. The van der Waals surface area contributed by atoms with Crippen LogP contribution in [0.2, 0.25) is 0 Å². The van der Waals surface area contributed by atoms with E-state index in [9.17, 15) is 9.59 Å². The predicted molar refractivity (Wildman–Crippen MR) is 141 cm³/mol. The number of ether oxygens (including phenoxy) is 2. The predicted octanol–water partition coefficient (Wildman–Crippen LogP) is 2.27. The topological polar surface area (TPSA) is 102 Å². The van der Waals surface area contributed by atoms with Gasteiger partial charge in [-0.2, -0.15) is 0 Å². The molecule has 4 aromatic rings. The summed E-state index contributed by atoms with van der Waals surface area (Å²) in [6.07, 6.45) is 3.11. The molecular weight excluding hydrogens is 590 g/mol. The number of methoxy groups -OCH3 is 2. The Labute approximate surface area is 219 Å². The molecule has 2 aromatic carbocycles. The first-order valence-corrected chi connectivity index (χ1v) is 16.8. The van der Waals surface area contributed by atoms with E-state index in [-0.39, 0.29) is 38.1 Å². The van der Waals surface area contributed by atoms with E-state index in [4.69, 9.17) is 9.47 Å². The number of amides is 2. The molecule has 0 atom stereocenters. The van der Waals surface area contributed by atoms with Crippen LogP contribution in [-0.2, 0) is 0 Å². The molecule has 36 heavy (non-hydrogen) atoms. The number of anilines is 2. The number of nitrogens with zero attached hydrogens (tertiary/aromatic N) is 2. The second-order valence-corrected chi connectivity index (χ2v) is 13.4. The zero-order chi connectivity index (χ0) is 25.3. The zero-order valence-corrected chi connectivity index (χ0v) is 22.9. The first-order valence-electron chi connectivity index (χ1n) is 10.7. The molecule has 0 radical (unpaired) electrons. The van der Waals surface area contributed by atoms with Crippen LogP contribution in [0.25, 0.3) is 0 Å². The van der Waals surface area contributed by atoms with Gasteiger partial charge in [-0.25, -0.2) is 0 Å². The van der Waals surface area contributed by atoms with Crippen molar-refractivity contribution >= 4 is 58.4 Å². The summed E-state index contributed by atoms with van der Waals surface area (Å²) >= 11 is -0.0612. The van der Waals surface area contributed by atoms with Crippen LogP contribution in [0, 0.1) is 0 Å². The van der Waals surface area contributed by atoms with Crippen LogP contribution >= 0.6 is 0 Å². The van der Waals surface area contributed by atoms with Crippen molar-refractivity contribution in [2.75, 3.05) is 24.9 Å². The van der Waals surface area contributed by atoms with E-state index in [0.717, 1.165) is 8.92 Å². The van der Waals surface area contributed by atoms with E-state index >= 15 is 0 Å². The van der Waals surface area contributed by atoms with Crippen molar-refractivity contribution in [1.82, 2.24) is 9.97 Å². The first kappa shape index (κ1) is 25.4. The molecule has 0 unspecified atom stereocenters. The van der Waals surface area contributed by atoms with Gasteiger partial charge in [0.25, 0.3) is 0 Å². The van der Waals surface area contributed by atoms with Crippen molar-refractivity contribution in [3.8, 4) is 11.8 Å². The molecule has 0 aliphatic rings. The molecule has 2 N–H and O–H groups in total. The number of aromatic nitrogens is 2. The molecule has 2 amide bonds. The summed E-state index contributed by atoms with van der Waals surface area (Å²) in [5, 5.41) is 5.79. The van der Waals surface area contributed by atoms with Crippen LogP contribution in [0.15, 0.2) is 85.2 Å². The summed E-state index contributed by atoms with van der Waals surface area (Å²) in [6, 6.07) is 22.0. The summed E-state index contributed by atoms with van der Waals surface area (Å²) in [7, 11) is 3.08. The summed E-state index contributed by atoms with van der Waals surface area (Å²) in [4.78, 5) is 34.2. The molecule has 0 fully saturated rings. The van der Waals surface area contributed by atoms with Gasteiger partial charge in [-0.05, 0) is 0 Å². The number of hydrogen-bond acceptors (Lipinski definition) is 6. The van der Waals surface area contributed by atoms with Gasteiger partial charge >= 0.3 is 220 Å². The van der Waals surface area contributed by atoms with Crippen LogP contribution in [0.5, 0.6) is 11.8 Å². The monoisotopic (exact) mass is 614 g/mol. The number of carbonyl (C=O) groups excluding carboxylic acids is 2. The van der Waals surface area contributed by atoms with E-state index in [1.807, 2.05) is 48.5 Å². The third-order valence-electron chi connectivity index (χ3n) is 4.89. The molecule has 8 nitrogen and oxygen atoms in total. The van der Waals surface area contributed by atoms with E-state index in [2.05, 4.69) is 20.6 Å². The molecule has 2 aromatic heterocycles. The second kappa shape index (κ2) is 12.3. The number of rotatable bonds is 9. The second-order valence-electron chi connectivity index (χ2n) is 7.25. The fraction of sp³-hybridized carbons (Fsp3) is 0.0769. The van der Waals surface area contributed by atoms with Gasteiger partial charge in [-0.1, -0.05) is 0 Å². The van der Waals surface area contributed by atoms with Crippen molar-refractivity contribution in [1.29, 1.82) is 0 Å². The minimum atomic E-state index is -0.201. The molecule has 0 aliphatic heterocycles. The van der Waals surface area contributed by atoms with Crippen molar-refractivity contribution in [2.45, 2.75) is 0 Å². The van der Waals surface area contributed by atoms with Crippen LogP contribution in [-0.4, -0.2) is 62.3 Å². The maximum atomic E-state index is 13.0. The average Bonchev–Trinajstić information content (AvgIpc) is 2.93. The van der Waals surface area contributed by atoms with E-state index < -0.39 is 0 Å². The summed E-state index contributed by atoms with van der Waals surface area (Å²) in [6.45, 7) is 0. The molecule has 10 heteroatoms. The molecule has 4 rings (SSSR count). The van der Waals surface area contributed by atoms with Crippen LogP contribution in [0.4, 0.5) is 11.4 Å². The van der Waals surface area contributed by atoms with Gasteiger partial charge in [0.1, 0.15) is 0 Å². The van der Waals surface area contributed by atoms with Gasteiger partial charge in [0.15, 0.2) is 0 Å². The van der Waals surface area contributed by atoms with Crippen molar-refractivity contribution in [3.63, 3.8) is 0 Å². The molecule has 0 saturated heterocycles. The Morgan fingerprint density at radius 2 is 1.06 bits per heavy atom. The number of benzene rings is 2. The third-order valence-corrected chi connectivity index (χ3v) is 12.1. The Bertz CT molecular complexity index is 1240. The van der Waals surface area contributed by atoms with Crippen LogP contribution in [0.3, 0.4) is 0 Å². The van der Waals surface area contributed by atoms with Gasteiger partial charge < -0.3 is 0 Å². The Morgan fingerprint density at radius 3 is 1.42 bits per heavy atom. The molecule has 0 aliphatic carbocycles. The van der Waals surface area contributed by atoms with Gasteiger partial charge in [-0.3, -0.25) is 0 Å². The third kappa shape index (κ3) is 6.50. The maximum absolute atomic E-state index is 13.0. The molecule has 0 saturated carbocycles. The SMILES string of the molecule is COc1ccc(NC(=O)c2ccccc2[Se][Se]c2ccccc2C(=O)Nc2ccc(OC)nc2)cn1. The summed E-state index contributed by atoms with van der Waals surface area (Å²) in [5.74, 6) is 0.553. The Kier molecular flexibility index (Phi) is 8.70. The Balaban J connectivity index is 1.46. The normalized spacial score (nSPS) is 10.4. The van der Waals surface area contributed by atoms with Gasteiger partial charge in [0.2, 0.25) is 0 Å². The Hall–Kier alpha value is -3.68. The Morgan fingerprint density at radius 1 is 0.639 bits per heavy atom. The van der Waals surface area contributed by atoms with Crippen molar-refractivity contribution in [2.24, 2.45) is 0 Å². The average molecular weight is 612 g/mol. The van der Waals surface area contributed by atoms with Gasteiger partial charge in [-0.15, -0.1) is 0 Å². The summed E-state index contributed by atoms with van der Waals surface area (Å²) in [5.41, 5.74) is 2.40. The number of pyridine rings is 2. The number of nitrogens with one attached hydrogen (secondary N) is 2. The van der Waals surface area contributed by atoms with E-state index in [1.54, 1.807) is 50.9 Å². The molecular formula is C26H22N4O4Se2. The van der Waals surface area contributed by atoms with Crippen LogP contribution in [0.1, 0.15) is 20.7 Å².